The molecule has 2 aliphatic rings. The van der Waals surface area contributed by atoms with Crippen LogP contribution in [0.4, 0.5) is 5.95 Å². The van der Waals surface area contributed by atoms with Gasteiger partial charge in [-0.1, -0.05) is 12.1 Å². The monoisotopic (exact) mass is 402 g/mol. The lowest BCUT2D eigenvalue weighted by molar-refractivity contribution is 0.0589. The van der Waals surface area contributed by atoms with E-state index in [1.54, 1.807) is 10.9 Å². The van der Waals surface area contributed by atoms with Crippen LogP contribution in [0.3, 0.4) is 0 Å². The maximum absolute atomic E-state index is 13.5. The van der Waals surface area contributed by atoms with E-state index in [1.165, 1.54) is 0 Å². The minimum atomic E-state index is 0.0656. The molecule has 2 aromatic heterocycles. The Kier molecular flexibility index (Phi) is 4.53. The number of carbonyl (C=O) groups is 1. The lowest BCUT2D eigenvalue weighted by Crippen LogP contribution is -2.65. The fraction of sp³-hybridized carbons (Fsp3) is 0.391. The number of aromatic nitrogens is 4. The zero-order chi connectivity index (χ0) is 20.8. The summed E-state index contributed by atoms with van der Waals surface area (Å²) in [5, 5.41) is 4.36. The molecule has 154 valence electrons. The van der Waals surface area contributed by atoms with Crippen molar-refractivity contribution < 1.29 is 4.79 Å². The van der Waals surface area contributed by atoms with E-state index in [0.717, 1.165) is 48.1 Å². The van der Waals surface area contributed by atoms with E-state index in [4.69, 9.17) is 0 Å². The number of para-hydroxylation sites is 1. The Balaban J connectivity index is 1.40. The molecule has 30 heavy (non-hydrogen) atoms. The van der Waals surface area contributed by atoms with Crippen LogP contribution in [-0.4, -0.2) is 56.2 Å². The maximum Gasteiger partial charge on any atom is 0.256 e. The Morgan fingerprint density at radius 3 is 2.60 bits per heavy atom. The van der Waals surface area contributed by atoms with Gasteiger partial charge in [0.15, 0.2) is 0 Å². The van der Waals surface area contributed by atoms with E-state index in [-0.39, 0.29) is 11.9 Å². The van der Waals surface area contributed by atoms with E-state index in [2.05, 4.69) is 20.0 Å². The van der Waals surface area contributed by atoms with Gasteiger partial charge >= 0.3 is 0 Å². The number of rotatable bonds is 3. The van der Waals surface area contributed by atoms with Crippen LogP contribution < -0.4 is 4.90 Å². The second-order valence-corrected chi connectivity index (χ2v) is 8.39. The van der Waals surface area contributed by atoms with Gasteiger partial charge in [-0.2, -0.15) is 5.10 Å². The van der Waals surface area contributed by atoms with Crippen molar-refractivity contribution in [1.29, 1.82) is 0 Å². The molecule has 2 saturated heterocycles. The van der Waals surface area contributed by atoms with Gasteiger partial charge in [0.1, 0.15) is 0 Å². The van der Waals surface area contributed by atoms with Gasteiger partial charge in [0.05, 0.1) is 17.3 Å². The maximum atomic E-state index is 13.5. The number of nitrogens with zero attached hydrogens (tertiary/aromatic N) is 6. The van der Waals surface area contributed by atoms with Crippen LogP contribution in [0.2, 0.25) is 0 Å². The largest absolute Gasteiger partial charge is 0.336 e. The number of fused-ring (bicyclic) bond motifs is 1. The molecule has 0 radical (unpaired) electrons. The molecule has 0 unspecified atom stereocenters. The molecule has 0 bridgehead atoms. The summed E-state index contributed by atoms with van der Waals surface area (Å²) in [6, 6.07) is 10.0. The smallest absolute Gasteiger partial charge is 0.256 e. The molecule has 4 heterocycles. The molecule has 1 amide bonds. The van der Waals surface area contributed by atoms with Crippen LogP contribution in [0.15, 0.2) is 42.7 Å². The molecule has 7 nitrogen and oxygen atoms in total. The minimum Gasteiger partial charge on any atom is -0.336 e. The molecule has 0 saturated carbocycles. The number of amides is 1. The molecular weight excluding hydrogens is 376 g/mol. The van der Waals surface area contributed by atoms with Gasteiger partial charge in [-0.05, 0) is 51.0 Å². The highest BCUT2D eigenvalue weighted by atomic mass is 16.2. The highest BCUT2D eigenvalue weighted by Gasteiger charge is 2.45. The van der Waals surface area contributed by atoms with Crippen LogP contribution in [0.1, 0.15) is 33.7 Å². The Labute approximate surface area is 176 Å². The van der Waals surface area contributed by atoms with Gasteiger partial charge in [0.25, 0.3) is 5.91 Å². The van der Waals surface area contributed by atoms with Gasteiger partial charge < -0.3 is 9.80 Å². The number of likely N-dealkylation sites (tertiary alicyclic amines) is 1. The standard InChI is InChI=1S/C23H26N6O/c1-15-6-4-7-19(21(15)29-10-5-9-24-29)22(30)27-11-8-18-13-28(20(18)14-27)23-25-16(2)12-17(3)26-23/h4-7,9-10,12,18,20H,8,11,13-14H2,1-3H3/t18-,20-/m0/s1. The van der Waals surface area contributed by atoms with Crippen LogP contribution in [0, 0.1) is 26.7 Å². The minimum absolute atomic E-state index is 0.0656. The van der Waals surface area contributed by atoms with Crippen molar-refractivity contribution in [2.45, 2.75) is 33.2 Å². The molecule has 2 fully saturated rings. The predicted molar refractivity (Wildman–Crippen MR) is 115 cm³/mol. The third-order valence-corrected chi connectivity index (χ3v) is 6.27. The van der Waals surface area contributed by atoms with E-state index >= 15 is 0 Å². The second-order valence-electron chi connectivity index (χ2n) is 8.39. The Hall–Kier alpha value is -3.22. The number of hydrogen-bond acceptors (Lipinski definition) is 5. The Bertz CT molecular complexity index is 1070. The summed E-state index contributed by atoms with van der Waals surface area (Å²) in [5.41, 5.74) is 4.55. The van der Waals surface area contributed by atoms with Crippen LogP contribution in [0.25, 0.3) is 5.69 Å². The van der Waals surface area contributed by atoms with Gasteiger partial charge in [0.2, 0.25) is 5.95 Å². The van der Waals surface area contributed by atoms with Crippen molar-refractivity contribution >= 4 is 11.9 Å². The first-order valence-corrected chi connectivity index (χ1v) is 10.5. The Morgan fingerprint density at radius 1 is 1.07 bits per heavy atom. The van der Waals surface area contributed by atoms with Crippen molar-refractivity contribution in [3.05, 3.63) is 65.2 Å². The molecule has 0 spiro atoms. The van der Waals surface area contributed by atoms with E-state index in [9.17, 15) is 4.79 Å². The van der Waals surface area contributed by atoms with Gasteiger partial charge in [-0.3, -0.25) is 4.79 Å². The molecule has 1 aromatic carbocycles. The van der Waals surface area contributed by atoms with E-state index in [0.29, 0.717) is 18.0 Å². The van der Waals surface area contributed by atoms with Crippen molar-refractivity contribution in [3.63, 3.8) is 0 Å². The fourth-order valence-corrected chi connectivity index (χ4v) is 4.75. The Morgan fingerprint density at radius 2 is 1.87 bits per heavy atom. The highest BCUT2D eigenvalue weighted by molar-refractivity contribution is 5.98. The summed E-state index contributed by atoms with van der Waals surface area (Å²) in [4.78, 5) is 27.0. The second kappa shape index (κ2) is 7.23. The number of anilines is 1. The third kappa shape index (κ3) is 3.14. The van der Waals surface area contributed by atoms with Crippen LogP contribution in [0.5, 0.6) is 0 Å². The topological polar surface area (TPSA) is 67.2 Å². The quantitative estimate of drug-likeness (QED) is 0.674. The molecule has 0 N–H and O–H groups in total. The summed E-state index contributed by atoms with van der Waals surface area (Å²) in [5.74, 6) is 1.45. The van der Waals surface area contributed by atoms with Crippen LogP contribution in [-0.2, 0) is 0 Å². The molecule has 5 rings (SSSR count). The first-order valence-electron chi connectivity index (χ1n) is 10.5. The van der Waals surface area contributed by atoms with Crippen molar-refractivity contribution in [2.75, 3.05) is 24.5 Å². The lowest BCUT2D eigenvalue weighted by Gasteiger charge is -2.53. The lowest BCUT2D eigenvalue weighted by atomic mass is 9.82. The number of hydrogen-bond donors (Lipinski definition) is 0. The average Bonchev–Trinajstić information content (AvgIpc) is 3.22. The van der Waals surface area contributed by atoms with Crippen LogP contribution >= 0.6 is 0 Å². The number of benzene rings is 1. The summed E-state index contributed by atoms with van der Waals surface area (Å²) in [6.45, 7) is 8.48. The van der Waals surface area contributed by atoms with Gasteiger partial charge in [-0.15, -0.1) is 0 Å². The van der Waals surface area contributed by atoms with Crippen molar-refractivity contribution in [2.24, 2.45) is 5.92 Å². The molecule has 0 aliphatic carbocycles. The van der Waals surface area contributed by atoms with Crippen molar-refractivity contribution in [3.8, 4) is 5.69 Å². The molecule has 3 aromatic rings. The first-order chi connectivity index (χ1) is 14.5. The number of aryl methyl sites for hydroxylation is 3. The zero-order valence-electron chi connectivity index (χ0n) is 17.6. The fourth-order valence-electron chi connectivity index (χ4n) is 4.75. The number of piperidine rings is 1. The molecule has 2 atom stereocenters. The SMILES string of the molecule is Cc1cc(C)nc(N2C[C@@H]3CCN(C(=O)c4cccc(C)c4-n4cccn4)C[C@@H]32)n1. The van der Waals surface area contributed by atoms with Crippen molar-refractivity contribution in [1.82, 2.24) is 24.6 Å². The summed E-state index contributed by atoms with van der Waals surface area (Å²) in [6.07, 6.45) is 4.64. The molecular formula is C23H26N6O. The summed E-state index contributed by atoms with van der Waals surface area (Å²) in [7, 11) is 0. The normalized spacial score (nSPS) is 20.6. The molecule has 2 aliphatic heterocycles. The van der Waals surface area contributed by atoms with E-state index in [1.807, 2.05) is 62.2 Å². The van der Waals surface area contributed by atoms with Gasteiger partial charge in [0, 0.05) is 49.3 Å². The van der Waals surface area contributed by atoms with E-state index < -0.39 is 0 Å². The molecule has 7 heteroatoms. The number of carbonyl (C=O) groups excluding carboxylic acids is 1. The predicted octanol–water partition coefficient (Wildman–Crippen LogP) is 2.94. The highest BCUT2D eigenvalue weighted by Crippen LogP contribution is 2.36. The zero-order valence-corrected chi connectivity index (χ0v) is 17.6. The van der Waals surface area contributed by atoms with Gasteiger partial charge in [-0.25, -0.2) is 14.6 Å². The first kappa shape index (κ1) is 18.8. The third-order valence-electron chi connectivity index (χ3n) is 6.27. The summed E-state index contributed by atoms with van der Waals surface area (Å²) < 4.78 is 1.79. The summed E-state index contributed by atoms with van der Waals surface area (Å²) >= 11 is 0. The average molecular weight is 403 g/mol.